The van der Waals surface area contributed by atoms with Crippen molar-refractivity contribution in [2.75, 3.05) is 13.2 Å². The average Bonchev–Trinajstić information content (AvgIpc) is 2.55. The van der Waals surface area contributed by atoms with Gasteiger partial charge in [-0.25, -0.2) is 0 Å². The predicted octanol–water partition coefficient (Wildman–Crippen LogP) is 3.53. The van der Waals surface area contributed by atoms with Crippen LogP contribution in [0.5, 0.6) is 11.5 Å². The maximum atomic E-state index is 12.2. The van der Waals surface area contributed by atoms with Crippen molar-refractivity contribution in [3.05, 3.63) is 58.6 Å². The summed E-state index contributed by atoms with van der Waals surface area (Å²) in [7, 11) is 0. The smallest absolute Gasteiger partial charge is 0.224 e. The first-order chi connectivity index (χ1) is 11.1. The highest BCUT2D eigenvalue weighted by Gasteiger charge is 2.14. The van der Waals surface area contributed by atoms with E-state index in [0.29, 0.717) is 30.4 Å². The van der Waals surface area contributed by atoms with Gasteiger partial charge < -0.3 is 14.8 Å². The fraction of sp³-hybridized carbons (Fsp3) is 0.278. The number of halogens is 1. The monoisotopic (exact) mass is 331 g/mol. The van der Waals surface area contributed by atoms with Crippen molar-refractivity contribution >= 4 is 17.5 Å². The lowest BCUT2D eigenvalue weighted by Gasteiger charge is -2.19. The van der Waals surface area contributed by atoms with E-state index in [4.69, 9.17) is 21.1 Å². The number of benzene rings is 2. The minimum atomic E-state index is -0.0722. The normalized spacial score (nSPS) is 14.2. The Kier molecular flexibility index (Phi) is 4.72. The van der Waals surface area contributed by atoms with E-state index in [2.05, 4.69) is 5.32 Å². The summed E-state index contributed by atoms with van der Waals surface area (Å²) in [5.41, 5.74) is 1.92. The van der Waals surface area contributed by atoms with E-state index in [0.717, 1.165) is 16.9 Å². The molecule has 23 heavy (non-hydrogen) atoms. The fourth-order valence-electron chi connectivity index (χ4n) is 2.51. The molecule has 1 atom stereocenters. The van der Waals surface area contributed by atoms with Gasteiger partial charge in [-0.2, -0.15) is 0 Å². The molecular weight excluding hydrogens is 314 g/mol. The molecule has 0 fully saturated rings. The van der Waals surface area contributed by atoms with Crippen molar-refractivity contribution in [2.45, 2.75) is 19.4 Å². The molecule has 0 aliphatic carbocycles. The van der Waals surface area contributed by atoms with Crippen LogP contribution >= 0.6 is 11.6 Å². The molecule has 1 N–H and O–H groups in total. The van der Waals surface area contributed by atoms with Crippen molar-refractivity contribution in [2.24, 2.45) is 0 Å². The second-order valence-electron chi connectivity index (χ2n) is 5.50. The molecule has 0 aromatic heterocycles. The standard InChI is InChI=1S/C18H18ClNO3/c1-12(14-3-5-15(19)6-4-14)20-18(21)11-13-2-7-16-17(10-13)23-9-8-22-16/h2-7,10,12H,8-9,11H2,1H3,(H,20,21). The Balaban J connectivity index is 1.61. The first kappa shape index (κ1) is 15.7. The summed E-state index contributed by atoms with van der Waals surface area (Å²) in [6.07, 6.45) is 0.300. The van der Waals surface area contributed by atoms with E-state index in [1.165, 1.54) is 0 Å². The summed E-state index contributed by atoms with van der Waals surface area (Å²) in [5, 5.41) is 3.67. The molecule has 2 aromatic rings. The molecule has 0 saturated carbocycles. The number of hydrogen-bond donors (Lipinski definition) is 1. The molecule has 1 aliphatic heterocycles. The number of carbonyl (C=O) groups excluding carboxylic acids is 1. The predicted molar refractivity (Wildman–Crippen MR) is 89.1 cm³/mol. The third kappa shape index (κ3) is 3.96. The first-order valence-electron chi connectivity index (χ1n) is 7.55. The van der Waals surface area contributed by atoms with Crippen LogP contribution in [0.25, 0.3) is 0 Å². The van der Waals surface area contributed by atoms with Crippen LogP contribution in [0.15, 0.2) is 42.5 Å². The zero-order valence-corrected chi connectivity index (χ0v) is 13.6. The van der Waals surface area contributed by atoms with Crippen LogP contribution in [-0.2, 0) is 11.2 Å². The van der Waals surface area contributed by atoms with Crippen LogP contribution in [0, 0.1) is 0 Å². The molecule has 0 radical (unpaired) electrons. The molecule has 2 aromatic carbocycles. The Labute approximate surface area is 140 Å². The topological polar surface area (TPSA) is 47.6 Å². The third-order valence-electron chi connectivity index (χ3n) is 3.72. The molecule has 5 heteroatoms. The maximum absolute atomic E-state index is 12.2. The molecule has 0 spiro atoms. The SMILES string of the molecule is CC(NC(=O)Cc1ccc2c(c1)OCCO2)c1ccc(Cl)cc1. The Bertz CT molecular complexity index is 700. The van der Waals surface area contributed by atoms with Gasteiger partial charge in [0, 0.05) is 5.02 Å². The summed E-state index contributed by atoms with van der Waals surface area (Å²) in [6, 6.07) is 13.0. The Morgan fingerprint density at radius 1 is 1.13 bits per heavy atom. The number of carbonyl (C=O) groups is 1. The van der Waals surface area contributed by atoms with Gasteiger partial charge in [0.15, 0.2) is 11.5 Å². The van der Waals surface area contributed by atoms with Crippen LogP contribution in [0.2, 0.25) is 5.02 Å². The maximum Gasteiger partial charge on any atom is 0.224 e. The molecule has 1 heterocycles. The molecule has 0 saturated heterocycles. The minimum absolute atomic E-state index is 0.0378. The summed E-state index contributed by atoms with van der Waals surface area (Å²) in [4.78, 5) is 12.2. The summed E-state index contributed by atoms with van der Waals surface area (Å²) >= 11 is 5.88. The van der Waals surface area contributed by atoms with Gasteiger partial charge in [-0.05, 0) is 42.3 Å². The first-order valence-corrected chi connectivity index (χ1v) is 7.93. The van der Waals surface area contributed by atoms with Gasteiger partial charge in [-0.15, -0.1) is 0 Å². The van der Waals surface area contributed by atoms with Gasteiger partial charge in [-0.3, -0.25) is 4.79 Å². The van der Waals surface area contributed by atoms with Gasteiger partial charge in [0.05, 0.1) is 12.5 Å². The van der Waals surface area contributed by atoms with E-state index >= 15 is 0 Å². The Hall–Kier alpha value is -2.20. The number of amides is 1. The second-order valence-corrected chi connectivity index (χ2v) is 5.93. The molecule has 0 bridgehead atoms. The van der Waals surface area contributed by atoms with E-state index in [-0.39, 0.29) is 11.9 Å². The molecule has 120 valence electrons. The highest BCUT2D eigenvalue weighted by Crippen LogP contribution is 2.30. The number of rotatable bonds is 4. The van der Waals surface area contributed by atoms with Gasteiger partial charge in [0.2, 0.25) is 5.91 Å². The average molecular weight is 332 g/mol. The molecule has 1 unspecified atom stereocenters. The second kappa shape index (κ2) is 6.92. The molecule has 4 nitrogen and oxygen atoms in total. The van der Waals surface area contributed by atoms with Gasteiger partial charge >= 0.3 is 0 Å². The van der Waals surface area contributed by atoms with Crippen LogP contribution in [0.1, 0.15) is 24.1 Å². The van der Waals surface area contributed by atoms with Gasteiger partial charge in [0.1, 0.15) is 13.2 Å². The fourth-order valence-corrected chi connectivity index (χ4v) is 2.64. The Morgan fingerprint density at radius 3 is 2.57 bits per heavy atom. The lowest BCUT2D eigenvalue weighted by atomic mass is 10.1. The van der Waals surface area contributed by atoms with E-state index in [1.807, 2.05) is 49.4 Å². The van der Waals surface area contributed by atoms with Crippen molar-refractivity contribution in [1.82, 2.24) is 5.32 Å². The van der Waals surface area contributed by atoms with Crippen LogP contribution < -0.4 is 14.8 Å². The van der Waals surface area contributed by atoms with Crippen molar-refractivity contribution in [3.8, 4) is 11.5 Å². The van der Waals surface area contributed by atoms with Gasteiger partial charge in [0.25, 0.3) is 0 Å². The molecular formula is C18H18ClNO3. The van der Waals surface area contributed by atoms with Crippen molar-refractivity contribution in [1.29, 1.82) is 0 Å². The number of ether oxygens (including phenoxy) is 2. The Morgan fingerprint density at radius 2 is 1.83 bits per heavy atom. The summed E-state index contributed by atoms with van der Waals surface area (Å²) < 4.78 is 11.0. The number of hydrogen-bond acceptors (Lipinski definition) is 3. The summed E-state index contributed by atoms with van der Waals surface area (Å²) in [5.74, 6) is 1.39. The largest absolute Gasteiger partial charge is 0.486 e. The summed E-state index contributed by atoms with van der Waals surface area (Å²) in [6.45, 7) is 3.05. The van der Waals surface area contributed by atoms with Crippen LogP contribution in [0.3, 0.4) is 0 Å². The van der Waals surface area contributed by atoms with Gasteiger partial charge in [-0.1, -0.05) is 29.8 Å². The lowest BCUT2D eigenvalue weighted by molar-refractivity contribution is -0.121. The molecule has 3 rings (SSSR count). The number of fused-ring (bicyclic) bond motifs is 1. The minimum Gasteiger partial charge on any atom is -0.486 e. The third-order valence-corrected chi connectivity index (χ3v) is 3.97. The van der Waals surface area contributed by atoms with Crippen molar-refractivity contribution < 1.29 is 14.3 Å². The molecule has 1 amide bonds. The quantitative estimate of drug-likeness (QED) is 0.932. The van der Waals surface area contributed by atoms with Crippen LogP contribution in [-0.4, -0.2) is 19.1 Å². The van der Waals surface area contributed by atoms with Crippen molar-refractivity contribution in [3.63, 3.8) is 0 Å². The number of nitrogens with one attached hydrogen (secondary N) is 1. The molecule has 1 aliphatic rings. The highest BCUT2D eigenvalue weighted by molar-refractivity contribution is 6.30. The van der Waals surface area contributed by atoms with Crippen LogP contribution in [0.4, 0.5) is 0 Å². The zero-order valence-electron chi connectivity index (χ0n) is 12.8. The van der Waals surface area contributed by atoms with E-state index in [1.54, 1.807) is 0 Å². The highest BCUT2D eigenvalue weighted by atomic mass is 35.5. The van der Waals surface area contributed by atoms with E-state index < -0.39 is 0 Å². The zero-order chi connectivity index (χ0) is 16.2. The lowest BCUT2D eigenvalue weighted by Crippen LogP contribution is -2.28. The van der Waals surface area contributed by atoms with E-state index in [9.17, 15) is 4.79 Å².